The van der Waals surface area contributed by atoms with E-state index in [0.717, 1.165) is 6.42 Å². The first-order valence-electron chi connectivity index (χ1n) is 8.91. The molecule has 0 radical (unpaired) electrons. The van der Waals surface area contributed by atoms with Gasteiger partial charge in [-0.15, -0.1) is 11.6 Å². The molecule has 0 N–H and O–H groups in total. The van der Waals surface area contributed by atoms with Crippen molar-refractivity contribution in [1.82, 2.24) is 0 Å². The minimum atomic E-state index is -3.75. The summed E-state index contributed by atoms with van der Waals surface area (Å²) in [6, 6.07) is 10.4. The van der Waals surface area contributed by atoms with Crippen molar-refractivity contribution in [1.29, 1.82) is 0 Å². The molecule has 2 aromatic rings. The summed E-state index contributed by atoms with van der Waals surface area (Å²) in [6.45, 7) is 3.82. The lowest BCUT2D eigenvalue weighted by molar-refractivity contribution is -0.146. The molecule has 1 atom stereocenters. The molecular formula is C20H22Cl2O6S. The van der Waals surface area contributed by atoms with Gasteiger partial charge >= 0.3 is 5.97 Å². The molecule has 0 heterocycles. The molecular weight excluding hydrogens is 439 g/mol. The van der Waals surface area contributed by atoms with E-state index in [0.29, 0.717) is 12.4 Å². The Morgan fingerprint density at radius 1 is 1.07 bits per heavy atom. The van der Waals surface area contributed by atoms with Gasteiger partial charge in [0.05, 0.1) is 27.3 Å². The van der Waals surface area contributed by atoms with Crippen molar-refractivity contribution < 1.29 is 27.4 Å². The largest absolute Gasteiger partial charge is 0.494 e. The predicted molar refractivity (Wildman–Crippen MR) is 111 cm³/mol. The van der Waals surface area contributed by atoms with Gasteiger partial charge in [-0.3, -0.25) is 4.79 Å². The average Bonchev–Trinajstić information content (AvgIpc) is 2.70. The summed E-state index contributed by atoms with van der Waals surface area (Å²) in [7, 11) is -3.75. The Labute approximate surface area is 180 Å². The Balaban J connectivity index is 2.14. The highest BCUT2D eigenvalue weighted by molar-refractivity contribution is 7.91. The monoisotopic (exact) mass is 460 g/mol. The Morgan fingerprint density at radius 3 is 2.28 bits per heavy atom. The maximum Gasteiger partial charge on any atom is 0.303 e. The second-order valence-corrected chi connectivity index (χ2v) is 8.78. The number of rotatable bonds is 10. The third kappa shape index (κ3) is 6.52. The number of benzene rings is 2. The lowest BCUT2D eigenvalue weighted by Gasteiger charge is -2.16. The number of halogens is 2. The third-order valence-corrected chi connectivity index (χ3v) is 6.16. The molecule has 0 bridgehead atoms. The first-order valence-corrected chi connectivity index (χ1v) is 11.3. The standard InChI is InChI=1S/C20H22Cl2O6S/c1-3-10-26-15-4-6-17(7-5-15)29(24,25)18-8-9-20(19(22)11-18)27-13-16(12-21)28-14(2)23/h4-9,11,16H,3,10,12-13H2,1-2H3. The minimum Gasteiger partial charge on any atom is -0.494 e. The molecule has 0 saturated heterocycles. The van der Waals surface area contributed by atoms with Crippen LogP contribution in [0.25, 0.3) is 0 Å². The van der Waals surface area contributed by atoms with Gasteiger partial charge in [0.25, 0.3) is 0 Å². The second kappa shape index (κ2) is 10.7. The summed E-state index contributed by atoms with van der Waals surface area (Å²) in [5, 5.41) is 0.116. The molecule has 0 aromatic heterocycles. The first kappa shape index (κ1) is 23.3. The van der Waals surface area contributed by atoms with E-state index < -0.39 is 21.9 Å². The molecule has 0 saturated carbocycles. The molecule has 2 aromatic carbocycles. The number of carbonyl (C=O) groups excluding carboxylic acids is 1. The van der Waals surface area contributed by atoms with Crippen LogP contribution in [-0.4, -0.2) is 39.6 Å². The van der Waals surface area contributed by atoms with Crippen LogP contribution in [-0.2, 0) is 19.4 Å². The van der Waals surface area contributed by atoms with Crippen molar-refractivity contribution in [3.8, 4) is 11.5 Å². The Morgan fingerprint density at radius 2 is 1.72 bits per heavy atom. The molecule has 158 valence electrons. The summed E-state index contributed by atoms with van der Waals surface area (Å²) in [5.74, 6) is 0.449. The number of hydrogen-bond acceptors (Lipinski definition) is 6. The van der Waals surface area contributed by atoms with E-state index in [9.17, 15) is 13.2 Å². The van der Waals surface area contributed by atoms with Crippen LogP contribution in [0, 0.1) is 0 Å². The van der Waals surface area contributed by atoms with Gasteiger partial charge in [0.2, 0.25) is 9.84 Å². The highest BCUT2D eigenvalue weighted by atomic mass is 35.5. The van der Waals surface area contributed by atoms with E-state index in [1.807, 2.05) is 6.92 Å². The highest BCUT2D eigenvalue weighted by Crippen LogP contribution is 2.31. The van der Waals surface area contributed by atoms with Crippen LogP contribution in [0.15, 0.2) is 52.3 Å². The summed E-state index contributed by atoms with van der Waals surface area (Å²) in [5.41, 5.74) is 0. The van der Waals surface area contributed by atoms with Gasteiger partial charge in [-0.05, 0) is 48.9 Å². The van der Waals surface area contributed by atoms with Crippen LogP contribution in [0.3, 0.4) is 0 Å². The zero-order chi connectivity index (χ0) is 21.4. The molecule has 9 heteroatoms. The predicted octanol–water partition coefficient (Wildman–Crippen LogP) is 4.51. The van der Waals surface area contributed by atoms with Crippen LogP contribution < -0.4 is 9.47 Å². The van der Waals surface area contributed by atoms with Crippen molar-refractivity contribution in [2.45, 2.75) is 36.2 Å². The summed E-state index contributed by atoms with van der Waals surface area (Å²) >= 11 is 11.9. The van der Waals surface area contributed by atoms with E-state index in [4.69, 9.17) is 37.4 Å². The van der Waals surface area contributed by atoms with E-state index in [2.05, 4.69) is 0 Å². The number of hydrogen-bond donors (Lipinski definition) is 0. The van der Waals surface area contributed by atoms with Crippen molar-refractivity contribution in [2.24, 2.45) is 0 Å². The van der Waals surface area contributed by atoms with Crippen LogP contribution in [0.1, 0.15) is 20.3 Å². The number of alkyl halides is 1. The summed E-state index contributed by atoms with van der Waals surface area (Å²) in [6.07, 6.45) is 0.224. The van der Waals surface area contributed by atoms with Crippen LogP contribution in [0.4, 0.5) is 0 Å². The lowest BCUT2D eigenvalue weighted by atomic mass is 10.3. The number of sulfone groups is 1. The van der Waals surface area contributed by atoms with E-state index in [-0.39, 0.29) is 33.0 Å². The zero-order valence-corrected chi connectivity index (χ0v) is 18.4. The lowest BCUT2D eigenvalue weighted by Crippen LogP contribution is -2.25. The van der Waals surface area contributed by atoms with Crippen molar-refractivity contribution >= 4 is 39.0 Å². The average molecular weight is 461 g/mol. The molecule has 0 amide bonds. The van der Waals surface area contributed by atoms with Gasteiger partial charge in [-0.1, -0.05) is 18.5 Å². The third-order valence-electron chi connectivity index (χ3n) is 3.75. The summed E-state index contributed by atoms with van der Waals surface area (Å²) < 4.78 is 41.7. The van der Waals surface area contributed by atoms with Gasteiger partial charge in [-0.2, -0.15) is 0 Å². The van der Waals surface area contributed by atoms with E-state index >= 15 is 0 Å². The van der Waals surface area contributed by atoms with E-state index in [1.165, 1.54) is 37.3 Å². The zero-order valence-electron chi connectivity index (χ0n) is 16.1. The molecule has 0 spiro atoms. The smallest absolute Gasteiger partial charge is 0.303 e. The van der Waals surface area contributed by atoms with Gasteiger partial charge < -0.3 is 14.2 Å². The topological polar surface area (TPSA) is 78.9 Å². The normalized spacial score (nSPS) is 12.3. The first-order chi connectivity index (χ1) is 13.8. The fourth-order valence-electron chi connectivity index (χ4n) is 2.36. The fraction of sp³-hybridized carbons (Fsp3) is 0.350. The Bertz CT molecular complexity index is 928. The molecule has 0 aliphatic carbocycles. The summed E-state index contributed by atoms with van der Waals surface area (Å²) in [4.78, 5) is 11.2. The van der Waals surface area contributed by atoms with Crippen molar-refractivity contribution in [3.63, 3.8) is 0 Å². The van der Waals surface area contributed by atoms with Crippen molar-refractivity contribution in [2.75, 3.05) is 19.1 Å². The fourth-order valence-corrected chi connectivity index (χ4v) is 4.10. The molecule has 2 rings (SSSR count). The quantitative estimate of drug-likeness (QED) is 0.383. The molecule has 0 fully saturated rings. The number of carbonyl (C=O) groups is 1. The maximum absolute atomic E-state index is 12.8. The van der Waals surface area contributed by atoms with E-state index in [1.54, 1.807) is 12.1 Å². The van der Waals surface area contributed by atoms with Crippen molar-refractivity contribution in [3.05, 3.63) is 47.5 Å². The van der Waals surface area contributed by atoms with Crippen LogP contribution in [0.5, 0.6) is 11.5 Å². The van der Waals surface area contributed by atoms with Gasteiger partial charge in [0.15, 0.2) is 0 Å². The molecule has 1 unspecified atom stereocenters. The molecule has 0 aliphatic rings. The Hall–Kier alpha value is -1.96. The maximum atomic E-state index is 12.8. The molecule has 6 nitrogen and oxygen atoms in total. The second-order valence-electron chi connectivity index (χ2n) is 6.11. The van der Waals surface area contributed by atoms with Gasteiger partial charge in [-0.25, -0.2) is 8.42 Å². The Kier molecular flexibility index (Phi) is 8.61. The molecule has 29 heavy (non-hydrogen) atoms. The van der Waals surface area contributed by atoms with Crippen LogP contribution in [0.2, 0.25) is 5.02 Å². The van der Waals surface area contributed by atoms with Crippen LogP contribution >= 0.6 is 23.2 Å². The minimum absolute atomic E-state index is 0.00583. The number of esters is 1. The SMILES string of the molecule is CCCOc1ccc(S(=O)(=O)c2ccc(OCC(CCl)OC(C)=O)c(Cl)c2)cc1. The highest BCUT2D eigenvalue weighted by Gasteiger charge is 2.20. The number of ether oxygens (including phenoxy) is 3. The van der Waals surface area contributed by atoms with Gasteiger partial charge in [0.1, 0.15) is 24.2 Å². The molecule has 0 aliphatic heterocycles. The van der Waals surface area contributed by atoms with Gasteiger partial charge in [0, 0.05) is 6.92 Å².